The lowest BCUT2D eigenvalue weighted by molar-refractivity contribution is 0.0487. The first kappa shape index (κ1) is 24.6. The van der Waals surface area contributed by atoms with E-state index in [1.165, 1.54) is 11.1 Å². The lowest BCUT2D eigenvalue weighted by Crippen LogP contribution is -2.57. The quantitative estimate of drug-likeness (QED) is 0.242. The zero-order valence-corrected chi connectivity index (χ0v) is 21.4. The molecule has 1 N–H and O–H groups in total. The van der Waals surface area contributed by atoms with Gasteiger partial charge >= 0.3 is 0 Å². The van der Waals surface area contributed by atoms with Crippen molar-refractivity contribution in [2.75, 3.05) is 18.5 Å². The molecule has 4 heteroatoms. The molecular weight excluding hydrogens is 456 g/mol. The topological polar surface area (TPSA) is 41.6 Å². The summed E-state index contributed by atoms with van der Waals surface area (Å²) in [5.74, 6) is 0.912. The largest absolute Gasteiger partial charge is 0.494 e. The SMILES string of the molecule is CCC1(c2ccc(OCCCc3ccccc3)cc2)Nc2ccccc2C(=O)N1CCc1ccccc1. The molecule has 1 atom stereocenters. The Labute approximate surface area is 219 Å². The number of ether oxygens (including phenoxy) is 1. The molecule has 5 rings (SSSR count). The minimum Gasteiger partial charge on any atom is -0.494 e. The number of rotatable bonds is 10. The molecule has 1 aliphatic heterocycles. The van der Waals surface area contributed by atoms with Gasteiger partial charge in [0.2, 0.25) is 0 Å². The minimum atomic E-state index is -0.633. The number of hydrogen-bond donors (Lipinski definition) is 1. The van der Waals surface area contributed by atoms with E-state index in [2.05, 4.69) is 60.8 Å². The molecule has 0 saturated heterocycles. The van der Waals surface area contributed by atoms with E-state index in [1.807, 2.05) is 65.6 Å². The van der Waals surface area contributed by atoms with Crippen LogP contribution in [0.4, 0.5) is 5.69 Å². The van der Waals surface area contributed by atoms with Crippen LogP contribution in [-0.4, -0.2) is 24.0 Å². The molecule has 1 unspecified atom stereocenters. The summed E-state index contributed by atoms with van der Waals surface area (Å²) < 4.78 is 6.05. The Balaban J connectivity index is 1.35. The van der Waals surface area contributed by atoms with E-state index in [4.69, 9.17) is 4.74 Å². The Kier molecular flexibility index (Phi) is 7.55. The monoisotopic (exact) mass is 490 g/mol. The Morgan fingerprint density at radius 3 is 2.05 bits per heavy atom. The number of benzene rings is 4. The average molecular weight is 491 g/mol. The van der Waals surface area contributed by atoms with Crippen LogP contribution in [-0.2, 0) is 18.5 Å². The fraction of sp³-hybridized carbons (Fsp3) is 0.242. The molecule has 37 heavy (non-hydrogen) atoms. The maximum absolute atomic E-state index is 13.8. The van der Waals surface area contributed by atoms with Crippen LogP contribution < -0.4 is 10.1 Å². The minimum absolute atomic E-state index is 0.0633. The fourth-order valence-corrected chi connectivity index (χ4v) is 5.21. The molecule has 4 nitrogen and oxygen atoms in total. The summed E-state index contributed by atoms with van der Waals surface area (Å²) in [6.45, 7) is 3.42. The van der Waals surface area contributed by atoms with Gasteiger partial charge in [0.25, 0.3) is 5.91 Å². The lowest BCUT2D eigenvalue weighted by Gasteiger charge is -2.48. The van der Waals surface area contributed by atoms with E-state index >= 15 is 0 Å². The van der Waals surface area contributed by atoms with Crippen molar-refractivity contribution in [1.82, 2.24) is 4.90 Å². The van der Waals surface area contributed by atoms with Gasteiger partial charge in [-0.05, 0) is 66.6 Å². The number of amides is 1. The van der Waals surface area contributed by atoms with Gasteiger partial charge in [-0.2, -0.15) is 0 Å². The Morgan fingerprint density at radius 2 is 1.38 bits per heavy atom. The zero-order valence-electron chi connectivity index (χ0n) is 21.4. The summed E-state index contributed by atoms with van der Waals surface area (Å²) in [6, 6.07) is 36.9. The smallest absolute Gasteiger partial charge is 0.258 e. The van der Waals surface area contributed by atoms with Crippen LogP contribution in [0.2, 0.25) is 0 Å². The van der Waals surface area contributed by atoms with Crippen molar-refractivity contribution in [3.8, 4) is 5.75 Å². The molecule has 0 aromatic heterocycles. The molecule has 1 heterocycles. The van der Waals surface area contributed by atoms with Gasteiger partial charge in [-0.3, -0.25) is 4.79 Å². The van der Waals surface area contributed by atoms with Crippen LogP contribution in [0, 0.1) is 0 Å². The number of hydrogen-bond acceptors (Lipinski definition) is 3. The predicted octanol–water partition coefficient (Wildman–Crippen LogP) is 7.07. The highest BCUT2D eigenvalue weighted by atomic mass is 16.5. The molecule has 0 bridgehead atoms. The first-order valence-corrected chi connectivity index (χ1v) is 13.2. The number of aryl methyl sites for hydroxylation is 1. The summed E-state index contributed by atoms with van der Waals surface area (Å²) in [5, 5.41) is 3.75. The number of carbonyl (C=O) groups excluding carboxylic acids is 1. The number of anilines is 1. The molecule has 188 valence electrons. The lowest BCUT2D eigenvalue weighted by atomic mass is 9.89. The maximum Gasteiger partial charge on any atom is 0.258 e. The molecule has 0 aliphatic carbocycles. The van der Waals surface area contributed by atoms with Crippen molar-refractivity contribution in [1.29, 1.82) is 0 Å². The van der Waals surface area contributed by atoms with Crippen molar-refractivity contribution in [2.24, 2.45) is 0 Å². The van der Waals surface area contributed by atoms with Gasteiger partial charge in [-0.25, -0.2) is 0 Å². The van der Waals surface area contributed by atoms with Crippen molar-refractivity contribution in [2.45, 2.75) is 38.3 Å². The molecule has 0 fully saturated rings. The molecule has 0 saturated carbocycles. The summed E-state index contributed by atoms with van der Waals surface area (Å²) in [5.41, 5.74) is 4.58. The Morgan fingerprint density at radius 1 is 0.757 bits per heavy atom. The maximum atomic E-state index is 13.8. The van der Waals surface area contributed by atoms with E-state index in [-0.39, 0.29) is 5.91 Å². The summed E-state index contributed by atoms with van der Waals surface area (Å²) in [6.07, 6.45) is 3.49. The van der Waals surface area contributed by atoms with Gasteiger partial charge in [0.1, 0.15) is 11.4 Å². The normalized spacial score (nSPS) is 16.7. The molecule has 1 aliphatic rings. The highest BCUT2D eigenvalue weighted by molar-refractivity contribution is 6.02. The van der Waals surface area contributed by atoms with Gasteiger partial charge in [0.05, 0.1) is 12.2 Å². The third-order valence-corrected chi connectivity index (χ3v) is 7.24. The highest BCUT2D eigenvalue weighted by Crippen LogP contribution is 2.40. The Bertz CT molecular complexity index is 1310. The first-order chi connectivity index (χ1) is 18.2. The fourth-order valence-electron chi connectivity index (χ4n) is 5.21. The van der Waals surface area contributed by atoms with Crippen molar-refractivity contribution >= 4 is 11.6 Å². The number of nitrogens with one attached hydrogen (secondary N) is 1. The molecule has 1 amide bonds. The zero-order chi connectivity index (χ0) is 25.5. The van der Waals surface area contributed by atoms with Crippen molar-refractivity contribution in [3.63, 3.8) is 0 Å². The molecular formula is C33H34N2O2. The molecule has 0 spiro atoms. The third kappa shape index (κ3) is 5.39. The van der Waals surface area contributed by atoms with Crippen LogP contribution in [0.25, 0.3) is 0 Å². The summed E-state index contributed by atoms with van der Waals surface area (Å²) in [7, 11) is 0. The molecule has 0 radical (unpaired) electrons. The second-order valence-corrected chi connectivity index (χ2v) is 9.54. The first-order valence-electron chi connectivity index (χ1n) is 13.2. The van der Waals surface area contributed by atoms with E-state index in [9.17, 15) is 4.79 Å². The predicted molar refractivity (Wildman–Crippen MR) is 150 cm³/mol. The van der Waals surface area contributed by atoms with Crippen molar-refractivity contribution in [3.05, 3.63) is 131 Å². The van der Waals surface area contributed by atoms with Crippen LogP contribution >= 0.6 is 0 Å². The summed E-state index contributed by atoms with van der Waals surface area (Å²) >= 11 is 0. The van der Waals surface area contributed by atoms with E-state index in [0.717, 1.165) is 48.2 Å². The molecule has 4 aromatic carbocycles. The van der Waals surface area contributed by atoms with Crippen LogP contribution in [0.3, 0.4) is 0 Å². The summed E-state index contributed by atoms with van der Waals surface area (Å²) in [4.78, 5) is 15.8. The van der Waals surface area contributed by atoms with Crippen LogP contribution in [0.15, 0.2) is 109 Å². The standard InChI is InChI=1S/C33H34N2O2/c1-2-33(28-19-21-29(22-20-28)37-25-11-16-26-12-5-3-6-13-26)34-31-18-10-9-17-30(31)32(36)35(33)24-23-27-14-7-4-8-15-27/h3-10,12-15,17-22,34H,2,11,16,23-25H2,1H3. The van der Waals surface area contributed by atoms with Crippen molar-refractivity contribution < 1.29 is 9.53 Å². The second-order valence-electron chi connectivity index (χ2n) is 9.54. The van der Waals surface area contributed by atoms with E-state index < -0.39 is 5.66 Å². The average Bonchev–Trinajstić information content (AvgIpc) is 2.96. The van der Waals surface area contributed by atoms with Gasteiger partial charge in [-0.1, -0.05) is 91.9 Å². The van der Waals surface area contributed by atoms with E-state index in [1.54, 1.807) is 0 Å². The number of fused-ring (bicyclic) bond motifs is 1. The highest BCUT2D eigenvalue weighted by Gasteiger charge is 2.44. The number of carbonyl (C=O) groups is 1. The molecule has 4 aromatic rings. The third-order valence-electron chi connectivity index (χ3n) is 7.24. The van der Waals surface area contributed by atoms with Gasteiger partial charge in [0.15, 0.2) is 0 Å². The van der Waals surface area contributed by atoms with Crippen LogP contribution in [0.1, 0.15) is 46.8 Å². The van der Waals surface area contributed by atoms with E-state index in [0.29, 0.717) is 13.2 Å². The number of nitrogens with zero attached hydrogens (tertiary/aromatic N) is 1. The second kappa shape index (κ2) is 11.3. The number of para-hydroxylation sites is 1. The van der Waals surface area contributed by atoms with Crippen LogP contribution in [0.5, 0.6) is 5.75 Å². The van der Waals surface area contributed by atoms with Gasteiger partial charge < -0.3 is 15.0 Å². The van der Waals surface area contributed by atoms with Gasteiger partial charge in [-0.15, -0.1) is 0 Å². The van der Waals surface area contributed by atoms with Gasteiger partial charge in [0, 0.05) is 12.2 Å². The Hall–Kier alpha value is -4.05.